The van der Waals surface area contributed by atoms with Gasteiger partial charge in [0, 0.05) is 6.07 Å². The van der Waals surface area contributed by atoms with E-state index in [1.165, 1.54) is 6.07 Å². The Bertz CT molecular complexity index is 544. The first-order valence-electron chi connectivity index (χ1n) is 4.24. The fourth-order valence-electron chi connectivity index (χ4n) is 1.00. The van der Waals surface area contributed by atoms with Gasteiger partial charge in [-0.3, -0.25) is 0 Å². The summed E-state index contributed by atoms with van der Waals surface area (Å²) >= 11 is 22.8. The molecule has 0 spiro atoms. The van der Waals surface area contributed by atoms with Crippen molar-refractivity contribution in [3.05, 3.63) is 38.8 Å². The second kappa shape index (κ2) is 5.23. The highest BCUT2D eigenvalue weighted by molar-refractivity contribution is 6.42. The summed E-state index contributed by atoms with van der Waals surface area (Å²) in [5.74, 6) is 0.415. The zero-order valence-electron chi connectivity index (χ0n) is 7.99. The van der Waals surface area contributed by atoms with Gasteiger partial charge in [-0.2, -0.15) is 15.0 Å². The molecule has 2 aromatic rings. The smallest absolute Gasteiger partial charge is 0.327 e. The van der Waals surface area contributed by atoms with Crippen LogP contribution in [0.2, 0.25) is 20.6 Å². The van der Waals surface area contributed by atoms with Gasteiger partial charge in [-0.15, -0.1) is 0 Å². The van der Waals surface area contributed by atoms with E-state index in [9.17, 15) is 0 Å². The van der Waals surface area contributed by atoms with E-state index in [4.69, 9.17) is 51.1 Å². The van der Waals surface area contributed by atoms with Crippen molar-refractivity contribution in [1.82, 2.24) is 15.0 Å². The Hall–Kier alpha value is -0.810. The van der Waals surface area contributed by atoms with Crippen LogP contribution < -0.4 is 4.74 Å². The lowest BCUT2D eigenvalue weighted by atomic mass is 10.3. The highest BCUT2D eigenvalue weighted by atomic mass is 35.5. The Labute approximate surface area is 116 Å². The number of benzene rings is 1. The Morgan fingerprint density at radius 1 is 0.824 bits per heavy atom. The molecule has 0 bridgehead atoms. The van der Waals surface area contributed by atoms with Gasteiger partial charge in [-0.1, -0.05) is 23.2 Å². The van der Waals surface area contributed by atoms with Crippen molar-refractivity contribution < 1.29 is 4.74 Å². The van der Waals surface area contributed by atoms with E-state index in [1.807, 2.05) is 0 Å². The Morgan fingerprint density at radius 3 is 2.06 bits per heavy atom. The first-order chi connectivity index (χ1) is 8.04. The third-order valence-corrected chi connectivity index (χ3v) is 2.74. The lowest BCUT2D eigenvalue weighted by molar-refractivity contribution is 0.439. The molecule has 0 aliphatic carbocycles. The molecule has 88 valence electrons. The molecular formula is C9H3Cl4N3O. The Morgan fingerprint density at radius 2 is 1.47 bits per heavy atom. The van der Waals surface area contributed by atoms with Crippen LogP contribution >= 0.6 is 46.4 Å². The normalized spacial score (nSPS) is 10.4. The molecule has 0 unspecified atom stereocenters. The minimum absolute atomic E-state index is 0.0200. The first-order valence-corrected chi connectivity index (χ1v) is 5.76. The topological polar surface area (TPSA) is 47.9 Å². The van der Waals surface area contributed by atoms with E-state index in [1.54, 1.807) is 12.1 Å². The summed E-state index contributed by atoms with van der Waals surface area (Å²) in [5.41, 5.74) is 0. The van der Waals surface area contributed by atoms with Crippen LogP contribution in [0.5, 0.6) is 11.8 Å². The van der Waals surface area contributed by atoms with Gasteiger partial charge in [-0.25, -0.2) is 0 Å². The molecule has 0 radical (unpaired) electrons. The third kappa shape index (κ3) is 3.33. The van der Waals surface area contributed by atoms with Crippen LogP contribution in [0.15, 0.2) is 18.2 Å². The number of aromatic nitrogens is 3. The van der Waals surface area contributed by atoms with Crippen LogP contribution in [0.1, 0.15) is 0 Å². The minimum atomic E-state index is -0.0555. The predicted molar refractivity (Wildman–Crippen MR) is 66.4 cm³/mol. The molecule has 0 aliphatic heterocycles. The van der Waals surface area contributed by atoms with Crippen molar-refractivity contribution in [3.63, 3.8) is 0 Å². The molecule has 1 aromatic heterocycles. The number of halogens is 4. The summed E-state index contributed by atoms with van der Waals surface area (Å²) in [6, 6.07) is 4.70. The van der Waals surface area contributed by atoms with Gasteiger partial charge in [-0.05, 0) is 35.3 Å². The van der Waals surface area contributed by atoms with Gasteiger partial charge in [0.25, 0.3) is 0 Å². The molecule has 0 aliphatic rings. The highest BCUT2D eigenvalue weighted by Gasteiger charge is 2.07. The molecule has 8 heteroatoms. The lowest BCUT2D eigenvalue weighted by Crippen LogP contribution is -1.95. The fraction of sp³-hybridized carbons (Fsp3) is 0. The number of rotatable bonds is 2. The second-order valence-electron chi connectivity index (χ2n) is 2.83. The van der Waals surface area contributed by atoms with Crippen LogP contribution in [0.3, 0.4) is 0 Å². The van der Waals surface area contributed by atoms with E-state index in [2.05, 4.69) is 15.0 Å². The van der Waals surface area contributed by atoms with Gasteiger partial charge in [0.1, 0.15) is 5.75 Å². The minimum Gasteiger partial charge on any atom is -0.424 e. The Kier molecular flexibility index (Phi) is 3.89. The van der Waals surface area contributed by atoms with E-state index in [0.29, 0.717) is 15.8 Å². The largest absolute Gasteiger partial charge is 0.424 e. The van der Waals surface area contributed by atoms with Crippen molar-refractivity contribution in [1.29, 1.82) is 0 Å². The summed E-state index contributed by atoms with van der Waals surface area (Å²) in [5, 5.41) is 0.668. The molecule has 0 amide bonds. The summed E-state index contributed by atoms with van der Waals surface area (Å²) in [4.78, 5) is 11.1. The van der Waals surface area contributed by atoms with Crippen LogP contribution in [0.25, 0.3) is 0 Å². The molecule has 17 heavy (non-hydrogen) atoms. The van der Waals surface area contributed by atoms with Gasteiger partial charge in [0.15, 0.2) is 0 Å². The predicted octanol–water partition coefficient (Wildman–Crippen LogP) is 4.28. The van der Waals surface area contributed by atoms with Gasteiger partial charge in [0.2, 0.25) is 10.6 Å². The molecule has 4 nitrogen and oxygen atoms in total. The standard InChI is InChI=1S/C9H3Cl4N3O/c10-5-2-1-4(3-6(5)11)17-9-15-7(12)14-8(13)16-9/h1-3H. The quantitative estimate of drug-likeness (QED) is 0.830. The van der Waals surface area contributed by atoms with Crippen LogP contribution in [0.4, 0.5) is 0 Å². The molecule has 0 fully saturated rings. The van der Waals surface area contributed by atoms with E-state index in [0.717, 1.165) is 0 Å². The highest BCUT2D eigenvalue weighted by Crippen LogP contribution is 2.28. The number of hydrogen-bond acceptors (Lipinski definition) is 4. The summed E-state index contributed by atoms with van der Waals surface area (Å²) < 4.78 is 5.30. The summed E-state index contributed by atoms with van der Waals surface area (Å²) in [6.07, 6.45) is 0. The molecule has 0 atom stereocenters. The van der Waals surface area contributed by atoms with Gasteiger partial charge < -0.3 is 4.74 Å². The molecule has 0 saturated heterocycles. The number of ether oxygens (including phenoxy) is 1. The summed E-state index contributed by atoms with van der Waals surface area (Å²) in [7, 11) is 0. The summed E-state index contributed by atoms with van der Waals surface area (Å²) in [6.45, 7) is 0. The maximum absolute atomic E-state index is 5.83. The maximum Gasteiger partial charge on any atom is 0.327 e. The van der Waals surface area contributed by atoms with Crippen LogP contribution in [-0.4, -0.2) is 15.0 Å². The first kappa shape index (κ1) is 12.6. The van der Waals surface area contributed by atoms with Crippen molar-refractivity contribution in [2.45, 2.75) is 0 Å². The van der Waals surface area contributed by atoms with Crippen molar-refractivity contribution >= 4 is 46.4 Å². The average Bonchev–Trinajstić information content (AvgIpc) is 2.22. The van der Waals surface area contributed by atoms with Crippen LogP contribution in [-0.2, 0) is 0 Å². The number of hydrogen-bond donors (Lipinski definition) is 0. The fourth-order valence-corrected chi connectivity index (χ4v) is 1.64. The van der Waals surface area contributed by atoms with Gasteiger partial charge in [0.05, 0.1) is 10.0 Å². The molecule has 0 N–H and O–H groups in total. The molecule has 1 heterocycles. The Balaban J connectivity index is 2.28. The zero-order chi connectivity index (χ0) is 12.4. The molecule has 1 aromatic carbocycles. The SMILES string of the molecule is Clc1nc(Cl)nc(Oc2ccc(Cl)c(Cl)c2)n1. The van der Waals surface area contributed by atoms with Crippen LogP contribution in [0, 0.1) is 0 Å². The monoisotopic (exact) mass is 309 g/mol. The maximum atomic E-state index is 5.83. The second-order valence-corrected chi connectivity index (χ2v) is 4.32. The van der Waals surface area contributed by atoms with Crippen molar-refractivity contribution in [3.8, 4) is 11.8 Å². The van der Waals surface area contributed by atoms with Crippen molar-refractivity contribution in [2.75, 3.05) is 0 Å². The third-order valence-electron chi connectivity index (χ3n) is 1.66. The number of nitrogens with zero attached hydrogens (tertiary/aromatic N) is 3. The van der Waals surface area contributed by atoms with Crippen molar-refractivity contribution in [2.24, 2.45) is 0 Å². The molecular weight excluding hydrogens is 308 g/mol. The molecule has 2 rings (SSSR count). The zero-order valence-corrected chi connectivity index (χ0v) is 11.0. The average molecular weight is 311 g/mol. The van der Waals surface area contributed by atoms with Gasteiger partial charge >= 0.3 is 6.01 Å². The van der Waals surface area contributed by atoms with E-state index >= 15 is 0 Å². The lowest BCUT2D eigenvalue weighted by Gasteiger charge is -2.04. The molecule has 0 saturated carbocycles. The van der Waals surface area contributed by atoms with E-state index in [-0.39, 0.29) is 16.6 Å². The van der Waals surface area contributed by atoms with E-state index < -0.39 is 0 Å².